The van der Waals surface area contributed by atoms with Crippen LogP contribution in [0.25, 0.3) is 0 Å². The highest BCUT2D eigenvalue weighted by Gasteiger charge is 2.36. The zero-order chi connectivity index (χ0) is 16.1. The van der Waals surface area contributed by atoms with Crippen molar-refractivity contribution in [2.45, 2.75) is 38.1 Å². The van der Waals surface area contributed by atoms with Crippen LogP contribution in [0.3, 0.4) is 0 Å². The molecule has 0 aromatic rings. The molecule has 8 heteroatoms. The number of amides is 2. The van der Waals surface area contributed by atoms with Crippen molar-refractivity contribution in [2.24, 2.45) is 17.6 Å². The number of nitrogens with two attached hydrogens (primary N) is 1. The van der Waals surface area contributed by atoms with Gasteiger partial charge >= 0.3 is 0 Å². The van der Waals surface area contributed by atoms with Gasteiger partial charge in [0, 0.05) is 32.1 Å². The third kappa shape index (κ3) is 6.39. The molecule has 0 aromatic heterocycles. The van der Waals surface area contributed by atoms with Crippen molar-refractivity contribution in [3.05, 3.63) is 0 Å². The monoisotopic (exact) mass is 382 g/mol. The summed E-state index contributed by atoms with van der Waals surface area (Å²) in [6.45, 7) is 2.71. The van der Waals surface area contributed by atoms with Gasteiger partial charge in [-0.05, 0) is 39.4 Å². The highest BCUT2D eigenvalue weighted by atomic mass is 35.5. The lowest BCUT2D eigenvalue weighted by molar-refractivity contribution is -0.129. The van der Waals surface area contributed by atoms with Gasteiger partial charge in [0.25, 0.3) is 0 Å². The van der Waals surface area contributed by atoms with Crippen LogP contribution in [0.4, 0.5) is 0 Å². The fourth-order valence-electron chi connectivity index (χ4n) is 3.46. The fraction of sp³-hybridized carbons (Fsp3) is 0.875. The van der Waals surface area contributed by atoms with Gasteiger partial charge in [-0.25, -0.2) is 0 Å². The van der Waals surface area contributed by atoms with Crippen molar-refractivity contribution in [1.29, 1.82) is 0 Å². The van der Waals surface area contributed by atoms with Gasteiger partial charge in [0.2, 0.25) is 11.8 Å². The molecule has 0 aromatic carbocycles. The van der Waals surface area contributed by atoms with Crippen LogP contribution in [0.5, 0.6) is 0 Å². The molecule has 142 valence electrons. The second-order valence-corrected chi connectivity index (χ2v) is 6.94. The molecule has 2 fully saturated rings. The highest BCUT2D eigenvalue weighted by Crippen LogP contribution is 2.25. The molecular formula is C16H32Cl2N4O2. The van der Waals surface area contributed by atoms with E-state index in [2.05, 4.69) is 10.2 Å². The van der Waals surface area contributed by atoms with Crippen LogP contribution >= 0.6 is 24.8 Å². The van der Waals surface area contributed by atoms with Gasteiger partial charge in [0.1, 0.15) is 0 Å². The molecule has 0 bridgehead atoms. The number of likely N-dealkylation sites (N-methyl/N-ethyl adjacent to an activating group) is 1. The molecule has 6 nitrogen and oxygen atoms in total. The van der Waals surface area contributed by atoms with Gasteiger partial charge in [-0.15, -0.1) is 24.8 Å². The van der Waals surface area contributed by atoms with E-state index < -0.39 is 0 Å². The maximum absolute atomic E-state index is 12.5. The Morgan fingerprint density at radius 3 is 2.58 bits per heavy atom. The largest absolute Gasteiger partial charge is 0.353 e. The number of hydrogen-bond acceptors (Lipinski definition) is 4. The van der Waals surface area contributed by atoms with Crippen LogP contribution in [0, 0.1) is 11.8 Å². The fourth-order valence-corrected chi connectivity index (χ4v) is 3.46. The predicted octanol–water partition coefficient (Wildman–Crippen LogP) is 0.874. The maximum Gasteiger partial charge on any atom is 0.225 e. The first-order valence-corrected chi connectivity index (χ1v) is 8.44. The molecule has 3 unspecified atom stereocenters. The number of hydrogen-bond donors (Lipinski definition) is 2. The van der Waals surface area contributed by atoms with E-state index in [9.17, 15) is 9.59 Å². The summed E-state index contributed by atoms with van der Waals surface area (Å²) in [7, 11) is 3.97. The minimum Gasteiger partial charge on any atom is -0.353 e. The molecule has 1 saturated heterocycles. The van der Waals surface area contributed by atoms with Crippen molar-refractivity contribution in [3.63, 3.8) is 0 Å². The van der Waals surface area contributed by atoms with Crippen molar-refractivity contribution in [3.8, 4) is 0 Å². The summed E-state index contributed by atoms with van der Waals surface area (Å²) in [6.07, 6.45) is 4.81. The summed E-state index contributed by atoms with van der Waals surface area (Å²) in [4.78, 5) is 28.3. The summed E-state index contributed by atoms with van der Waals surface area (Å²) in [5.41, 5.74) is 5.82. The van der Waals surface area contributed by atoms with Gasteiger partial charge in [-0.1, -0.05) is 12.8 Å². The molecule has 3 atom stereocenters. The Kier molecular flexibility index (Phi) is 10.9. The van der Waals surface area contributed by atoms with Crippen LogP contribution < -0.4 is 11.1 Å². The second kappa shape index (κ2) is 11.1. The van der Waals surface area contributed by atoms with Crippen LogP contribution in [-0.2, 0) is 9.59 Å². The Hall–Kier alpha value is -0.560. The SMILES string of the molecule is CN(C)CCN1CC(C(=O)NC2CCCCC2CN)CC1=O.Cl.Cl. The molecule has 1 aliphatic heterocycles. The molecule has 0 radical (unpaired) electrons. The Labute approximate surface area is 157 Å². The number of carbonyl (C=O) groups is 2. The molecule has 24 heavy (non-hydrogen) atoms. The molecule has 1 heterocycles. The number of rotatable bonds is 6. The molecular weight excluding hydrogens is 351 g/mol. The zero-order valence-electron chi connectivity index (χ0n) is 14.7. The average molecular weight is 383 g/mol. The summed E-state index contributed by atoms with van der Waals surface area (Å²) >= 11 is 0. The van der Waals surface area contributed by atoms with Gasteiger partial charge in [0.05, 0.1) is 5.92 Å². The first kappa shape index (κ1) is 23.4. The van der Waals surface area contributed by atoms with Crippen LogP contribution in [0.15, 0.2) is 0 Å². The first-order valence-electron chi connectivity index (χ1n) is 8.44. The van der Waals surface area contributed by atoms with Gasteiger partial charge < -0.3 is 20.9 Å². The van der Waals surface area contributed by atoms with E-state index in [0.29, 0.717) is 32.0 Å². The zero-order valence-corrected chi connectivity index (χ0v) is 16.3. The smallest absolute Gasteiger partial charge is 0.225 e. The number of likely N-dealkylation sites (tertiary alicyclic amines) is 1. The number of halogens is 2. The lowest BCUT2D eigenvalue weighted by Crippen LogP contribution is -2.47. The summed E-state index contributed by atoms with van der Waals surface area (Å²) in [5.74, 6) is 0.321. The molecule has 2 amide bonds. The summed E-state index contributed by atoms with van der Waals surface area (Å²) < 4.78 is 0. The first-order chi connectivity index (χ1) is 10.5. The molecule has 1 saturated carbocycles. The van der Waals surface area contributed by atoms with Gasteiger partial charge in [-0.2, -0.15) is 0 Å². The predicted molar refractivity (Wildman–Crippen MR) is 101 cm³/mol. The second-order valence-electron chi connectivity index (χ2n) is 6.94. The molecule has 3 N–H and O–H groups in total. The van der Waals surface area contributed by atoms with Crippen LogP contribution in [-0.4, -0.2) is 67.9 Å². The third-order valence-corrected chi connectivity index (χ3v) is 4.94. The molecule has 2 aliphatic rings. The highest BCUT2D eigenvalue weighted by molar-refractivity contribution is 5.89. The van der Waals surface area contributed by atoms with Crippen LogP contribution in [0.1, 0.15) is 32.1 Å². The Morgan fingerprint density at radius 2 is 1.96 bits per heavy atom. The topological polar surface area (TPSA) is 78.7 Å². The molecule has 2 rings (SSSR count). The lowest BCUT2D eigenvalue weighted by atomic mass is 9.84. The van der Waals surface area contributed by atoms with Crippen molar-refractivity contribution in [2.75, 3.05) is 40.3 Å². The van der Waals surface area contributed by atoms with E-state index >= 15 is 0 Å². The third-order valence-electron chi connectivity index (χ3n) is 4.94. The Morgan fingerprint density at radius 1 is 1.29 bits per heavy atom. The maximum atomic E-state index is 12.5. The Bertz CT molecular complexity index is 410. The standard InChI is InChI=1S/C16H30N4O2.2ClH/c1-19(2)7-8-20-11-13(9-15(20)21)16(22)18-14-6-4-3-5-12(14)10-17;;/h12-14H,3-11,17H2,1-2H3,(H,18,22);2*1H. The van der Waals surface area contributed by atoms with Crippen LogP contribution in [0.2, 0.25) is 0 Å². The lowest BCUT2D eigenvalue weighted by Gasteiger charge is -2.32. The minimum atomic E-state index is -0.199. The van der Waals surface area contributed by atoms with Crippen molar-refractivity contribution < 1.29 is 9.59 Å². The average Bonchev–Trinajstić information content (AvgIpc) is 2.87. The van der Waals surface area contributed by atoms with Gasteiger partial charge in [0.15, 0.2) is 0 Å². The normalized spacial score (nSPS) is 26.8. The van der Waals surface area contributed by atoms with E-state index in [0.717, 1.165) is 25.8 Å². The summed E-state index contributed by atoms with van der Waals surface area (Å²) in [5, 5.41) is 3.16. The van der Waals surface area contributed by atoms with E-state index in [1.54, 1.807) is 0 Å². The number of nitrogens with zero attached hydrogens (tertiary/aromatic N) is 2. The van der Waals surface area contributed by atoms with Crippen molar-refractivity contribution >= 4 is 36.6 Å². The summed E-state index contributed by atoms with van der Waals surface area (Å²) in [6, 6.07) is 0.192. The van der Waals surface area contributed by atoms with Crippen molar-refractivity contribution in [1.82, 2.24) is 15.1 Å². The minimum absolute atomic E-state index is 0. The quantitative estimate of drug-likeness (QED) is 0.714. The van der Waals surface area contributed by atoms with E-state index in [1.807, 2.05) is 19.0 Å². The van der Waals surface area contributed by atoms with E-state index in [4.69, 9.17) is 5.73 Å². The molecule has 0 spiro atoms. The number of nitrogens with one attached hydrogen (secondary N) is 1. The Balaban J connectivity index is 0.00000264. The number of carbonyl (C=O) groups excluding carboxylic acids is 2. The van der Waals surface area contributed by atoms with E-state index in [-0.39, 0.29) is 48.6 Å². The molecule has 1 aliphatic carbocycles. The van der Waals surface area contributed by atoms with Gasteiger partial charge in [-0.3, -0.25) is 9.59 Å². The van der Waals surface area contributed by atoms with E-state index in [1.165, 1.54) is 6.42 Å².